The molecule has 0 amide bonds. The minimum Gasteiger partial charge on any atom is -0.396 e. The Morgan fingerprint density at radius 3 is 1.94 bits per heavy atom. The smallest absolute Gasteiger partial charge is 0.0499 e. The van der Waals surface area contributed by atoms with Crippen LogP contribution in [0.3, 0.4) is 0 Å². The van der Waals surface area contributed by atoms with Crippen LogP contribution in [0.5, 0.6) is 0 Å². The SMILES string of the molecule is CCN(CC(CC)(CC)CO)C(C)CN(C)C. The first-order chi connectivity index (χ1) is 7.94. The maximum atomic E-state index is 9.65. The summed E-state index contributed by atoms with van der Waals surface area (Å²) in [7, 11) is 4.23. The first kappa shape index (κ1) is 16.9. The van der Waals surface area contributed by atoms with Crippen molar-refractivity contribution in [1.29, 1.82) is 0 Å². The summed E-state index contributed by atoms with van der Waals surface area (Å²) in [5.74, 6) is 0. The second-order valence-electron chi connectivity index (χ2n) is 5.54. The summed E-state index contributed by atoms with van der Waals surface area (Å²) in [6.07, 6.45) is 2.09. The highest BCUT2D eigenvalue weighted by molar-refractivity contribution is 4.82. The highest BCUT2D eigenvalue weighted by atomic mass is 16.3. The van der Waals surface area contributed by atoms with E-state index in [-0.39, 0.29) is 5.41 Å². The van der Waals surface area contributed by atoms with E-state index < -0.39 is 0 Å². The van der Waals surface area contributed by atoms with Gasteiger partial charge in [-0.3, -0.25) is 4.90 Å². The maximum absolute atomic E-state index is 9.65. The Hall–Kier alpha value is -0.120. The van der Waals surface area contributed by atoms with Crippen LogP contribution in [0, 0.1) is 5.41 Å². The second kappa shape index (κ2) is 8.06. The third-order valence-corrected chi connectivity index (χ3v) is 4.03. The van der Waals surface area contributed by atoms with Crippen LogP contribution in [0.4, 0.5) is 0 Å². The van der Waals surface area contributed by atoms with Gasteiger partial charge in [-0.05, 0) is 40.4 Å². The Morgan fingerprint density at radius 2 is 1.65 bits per heavy atom. The van der Waals surface area contributed by atoms with Gasteiger partial charge >= 0.3 is 0 Å². The molecule has 3 heteroatoms. The van der Waals surface area contributed by atoms with Crippen molar-refractivity contribution in [3.05, 3.63) is 0 Å². The van der Waals surface area contributed by atoms with E-state index in [9.17, 15) is 5.11 Å². The van der Waals surface area contributed by atoms with Crippen LogP contribution in [0.25, 0.3) is 0 Å². The number of hydrogen-bond acceptors (Lipinski definition) is 3. The molecule has 0 bridgehead atoms. The van der Waals surface area contributed by atoms with E-state index in [0.717, 1.165) is 32.5 Å². The third-order valence-electron chi connectivity index (χ3n) is 4.03. The molecule has 0 aromatic heterocycles. The molecule has 0 aromatic carbocycles. The molecule has 0 spiro atoms. The molecular weight excluding hydrogens is 212 g/mol. The van der Waals surface area contributed by atoms with Crippen molar-refractivity contribution < 1.29 is 5.11 Å². The number of hydrogen-bond donors (Lipinski definition) is 1. The molecule has 3 nitrogen and oxygen atoms in total. The van der Waals surface area contributed by atoms with Crippen LogP contribution in [-0.4, -0.2) is 61.3 Å². The van der Waals surface area contributed by atoms with Gasteiger partial charge in [0.25, 0.3) is 0 Å². The molecular formula is C14H32N2O. The molecule has 0 radical (unpaired) electrons. The number of likely N-dealkylation sites (N-methyl/N-ethyl adjacent to an activating group) is 2. The van der Waals surface area contributed by atoms with Crippen LogP contribution < -0.4 is 0 Å². The fraction of sp³-hybridized carbons (Fsp3) is 1.00. The Kier molecular flexibility index (Phi) is 8.01. The van der Waals surface area contributed by atoms with Crippen molar-refractivity contribution in [2.24, 2.45) is 5.41 Å². The van der Waals surface area contributed by atoms with Crippen LogP contribution in [0.2, 0.25) is 0 Å². The van der Waals surface area contributed by atoms with Crippen LogP contribution in [0.1, 0.15) is 40.5 Å². The average Bonchev–Trinajstić information content (AvgIpc) is 2.31. The van der Waals surface area contributed by atoms with Crippen molar-refractivity contribution in [2.75, 3.05) is 40.3 Å². The number of nitrogens with zero attached hydrogens (tertiary/aromatic N) is 2. The molecule has 0 saturated carbocycles. The standard InChI is InChI=1S/C14H32N2O/c1-7-14(8-2,12-17)11-16(9-3)13(4)10-15(5)6/h13,17H,7-12H2,1-6H3. The Bertz CT molecular complexity index is 182. The van der Waals surface area contributed by atoms with Crippen molar-refractivity contribution >= 4 is 0 Å². The largest absolute Gasteiger partial charge is 0.396 e. The van der Waals surface area contributed by atoms with Gasteiger partial charge in [-0.2, -0.15) is 0 Å². The third kappa shape index (κ3) is 5.36. The zero-order valence-corrected chi connectivity index (χ0v) is 12.7. The summed E-state index contributed by atoms with van der Waals surface area (Å²) in [5, 5.41) is 9.65. The fourth-order valence-electron chi connectivity index (χ4n) is 2.40. The molecule has 0 heterocycles. The quantitative estimate of drug-likeness (QED) is 0.672. The lowest BCUT2D eigenvalue weighted by molar-refractivity contribution is 0.0473. The lowest BCUT2D eigenvalue weighted by Gasteiger charge is -2.39. The van der Waals surface area contributed by atoms with E-state index in [4.69, 9.17) is 0 Å². The zero-order chi connectivity index (χ0) is 13.5. The van der Waals surface area contributed by atoms with Crippen molar-refractivity contribution in [3.63, 3.8) is 0 Å². The molecule has 0 aliphatic carbocycles. The molecule has 0 aliphatic heterocycles. The molecule has 0 aromatic rings. The Balaban J connectivity index is 4.55. The number of aliphatic hydroxyl groups is 1. The Morgan fingerprint density at radius 1 is 1.12 bits per heavy atom. The van der Waals surface area contributed by atoms with Gasteiger partial charge < -0.3 is 10.0 Å². The highest BCUT2D eigenvalue weighted by Gasteiger charge is 2.29. The van der Waals surface area contributed by atoms with E-state index in [1.165, 1.54) is 0 Å². The van der Waals surface area contributed by atoms with E-state index in [1.54, 1.807) is 0 Å². The summed E-state index contributed by atoms with van der Waals surface area (Å²) in [4.78, 5) is 4.72. The van der Waals surface area contributed by atoms with Gasteiger partial charge in [-0.15, -0.1) is 0 Å². The fourth-order valence-corrected chi connectivity index (χ4v) is 2.40. The number of rotatable bonds is 9. The summed E-state index contributed by atoms with van der Waals surface area (Å²) in [5.41, 5.74) is 0.0799. The van der Waals surface area contributed by atoms with E-state index >= 15 is 0 Å². The van der Waals surface area contributed by atoms with Crippen LogP contribution in [0.15, 0.2) is 0 Å². The van der Waals surface area contributed by atoms with E-state index in [1.807, 2.05) is 0 Å². The van der Waals surface area contributed by atoms with Gasteiger partial charge in [0, 0.05) is 31.2 Å². The summed E-state index contributed by atoms with van der Waals surface area (Å²) < 4.78 is 0. The molecule has 0 saturated heterocycles. The van der Waals surface area contributed by atoms with Gasteiger partial charge in [-0.25, -0.2) is 0 Å². The highest BCUT2D eigenvalue weighted by Crippen LogP contribution is 2.27. The summed E-state index contributed by atoms with van der Waals surface area (Å²) in [6.45, 7) is 12.3. The van der Waals surface area contributed by atoms with Gasteiger partial charge in [0.05, 0.1) is 0 Å². The second-order valence-corrected chi connectivity index (χ2v) is 5.54. The molecule has 1 N–H and O–H groups in total. The van der Waals surface area contributed by atoms with Gasteiger partial charge in [-0.1, -0.05) is 20.8 Å². The predicted octanol–water partition coefficient (Wildman–Crippen LogP) is 2.06. The molecule has 104 valence electrons. The molecule has 17 heavy (non-hydrogen) atoms. The first-order valence-electron chi connectivity index (χ1n) is 6.94. The monoisotopic (exact) mass is 244 g/mol. The van der Waals surface area contributed by atoms with Gasteiger partial charge in [0.15, 0.2) is 0 Å². The zero-order valence-electron chi connectivity index (χ0n) is 12.7. The van der Waals surface area contributed by atoms with Crippen molar-refractivity contribution in [1.82, 2.24) is 9.80 Å². The first-order valence-corrected chi connectivity index (χ1v) is 6.94. The maximum Gasteiger partial charge on any atom is 0.0499 e. The van der Waals surface area contributed by atoms with Gasteiger partial charge in [0.2, 0.25) is 0 Å². The normalized spacial score (nSPS) is 14.6. The minimum absolute atomic E-state index is 0.0799. The Labute approximate surface area is 108 Å². The minimum atomic E-state index is 0.0799. The van der Waals surface area contributed by atoms with Crippen molar-refractivity contribution in [3.8, 4) is 0 Å². The van der Waals surface area contributed by atoms with Gasteiger partial charge in [0.1, 0.15) is 0 Å². The topological polar surface area (TPSA) is 26.7 Å². The average molecular weight is 244 g/mol. The molecule has 1 atom stereocenters. The van der Waals surface area contributed by atoms with Crippen LogP contribution in [-0.2, 0) is 0 Å². The van der Waals surface area contributed by atoms with E-state index in [2.05, 4.69) is 51.6 Å². The molecule has 0 rings (SSSR count). The number of aliphatic hydroxyl groups excluding tert-OH is 1. The van der Waals surface area contributed by atoms with E-state index in [0.29, 0.717) is 12.6 Å². The molecule has 0 fully saturated rings. The molecule has 1 unspecified atom stereocenters. The molecule has 0 aliphatic rings. The lowest BCUT2D eigenvalue weighted by atomic mass is 9.82. The summed E-state index contributed by atoms with van der Waals surface area (Å²) in [6, 6.07) is 0.541. The van der Waals surface area contributed by atoms with Crippen LogP contribution >= 0.6 is 0 Å². The summed E-state index contributed by atoms with van der Waals surface area (Å²) >= 11 is 0. The van der Waals surface area contributed by atoms with Crippen molar-refractivity contribution in [2.45, 2.75) is 46.6 Å². The predicted molar refractivity (Wildman–Crippen MR) is 75.4 cm³/mol. The lowest BCUT2D eigenvalue weighted by Crippen LogP contribution is -2.47.